The average Bonchev–Trinajstić information content (AvgIpc) is 3.24. The van der Waals surface area contributed by atoms with Crippen LogP contribution in [0.2, 0.25) is 0 Å². The van der Waals surface area contributed by atoms with Crippen LogP contribution < -0.4 is 15.3 Å². The van der Waals surface area contributed by atoms with E-state index in [0.717, 1.165) is 11.1 Å². The topological polar surface area (TPSA) is 140 Å². The van der Waals surface area contributed by atoms with Gasteiger partial charge in [0.05, 0.1) is 6.61 Å². The first kappa shape index (κ1) is 18.6. The Hall–Kier alpha value is -2.79. The lowest BCUT2D eigenvalue weighted by Gasteiger charge is -2.15. The Kier molecular flexibility index (Phi) is 4.85. The van der Waals surface area contributed by atoms with Gasteiger partial charge < -0.3 is 30.6 Å². The van der Waals surface area contributed by atoms with Crippen molar-refractivity contribution in [3.05, 3.63) is 48.0 Å². The lowest BCUT2D eigenvalue weighted by molar-refractivity contribution is -0.885. The summed E-state index contributed by atoms with van der Waals surface area (Å²) in [6.45, 7) is 1.90. The summed E-state index contributed by atoms with van der Waals surface area (Å²) in [7, 11) is 0. The fourth-order valence-corrected chi connectivity index (χ4v) is 3.16. The van der Waals surface area contributed by atoms with E-state index in [0.29, 0.717) is 17.8 Å². The maximum atomic E-state index is 10.2. The molecule has 3 aromatic rings. The summed E-state index contributed by atoms with van der Waals surface area (Å²) in [4.78, 5) is 14.3. The minimum Gasteiger partial charge on any atom is -0.394 e. The van der Waals surface area contributed by atoms with Gasteiger partial charge in [-0.15, -0.1) is 0 Å². The van der Waals surface area contributed by atoms with Crippen molar-refractivity contribution in [3.63, 3.8) is 0 Å². The second-order valence-corrected chi connectivity index (χ2v) is 6.77. The third kappa shape index (κ3) is 3.16. The lowest BCUT2D eigenvalue weighted by Crippen LogP contribution is -2.45. The van der Waals surface area contributed by atoms with Crippen LogP contribution in [0.3, 0.4) is 0 Å². The molecular weight excluding hydrogens is 366 g/mol. The van der Waals surface area contributed by atoms with Crippen molar-refractivity contribution in [2.75, 3.05) is 12.3 Å². The summed E-state index contributed by atoms with van der Waals surface area (Å²) >= 11 is 0. The molecule has 0 spiro atoms. The zero-order valence-electron chi connectivity index (χ0n) is 15.2. The Morgan fingerprint density at radius 3 is 2.64 bits per heavy atom. The highest BCUT2D eigenvalue weighted by molar-refractivity contribution is 5.79. The molecule has 0 aliphatic carbocycles. The van der Waals surface area contributed by atoms with Gasteiger partial charge in [0.1, 0.15) is 24.6 Å². The van der Waals surface area contributed by atoms with Crippen molar-refractivity contribution in [3.8, 4) is 0 Å². The van der Waals surface area contributed by atoms with Gasteiger partial charge in [-0.05, 0) is 12.5 Å². The largest absolute Gasteiger partial charge is 0.394 e. The number of fused-ring (bicyclic) bond motifs is 1. The molecule has 1 saturated heterocycles. The van der Waals surface area contributed by atoms with Gasteiger partial charge in [0, 0.05) is 0 Å². The number of benzene rings is 1. The molecule has 28 heavy (non-hydrogen) atoms. The number of aryl methyl sites for hydroxylation is 1. The van der Waals surface area contributed by atoms with Crippen molar-refractivity contribution in [2.24, 2.45) is 0 Å². The standard InChI is InChI=1S/C18H21N5O5/c1-10-2-4-11(5-3-10)7-27-23-9-21-17-13(16(23)19)20-8-22(17)18-15(26)14(25)12(6-24)28-18/h2-5,8-9,12,14-15,18-19,24-26H,6-7H2,1H3/p+1/t12-,14-,15-,18-/m1/s1. The number of nitrogen functional groups attached to an aromatic ring is 1. The Morgan fingerprint density at radius 2 is 1.96 bits per heavy atom. The molecule has 0 saturated carbocycles. The molecule has 1 aromatic carbocycles. The summed E-state index contributed by atoms with van der Waals surface area (Å²) in [6, 6.07) is 7.93. The number of hydrogen-bond acceptors (Lipinski definition) is 8. The molecule has 10 nitrogen and oxygen atoms in total. The van der Waals surface area contributed by atoms with E-state index in [-0.39, 0.29) is 5.82 Å². The second-order valence-electron chi connectivity index (χ2n) is 6.77. The number of anilines is 1. The molecule has 0 amide bonds. The van der Waals surface area contributed by atoms with Gasteiger partial charge in [-0.25, -0.2) is 4.98 Å². The highest BCUT2D eigenvalue weighted by atomic mass is 16.7. The third-order valence-corrected chi connectivity index (χ3v) is 4.81. The number of ether oxygens (including phenoxy) is 1. The highest BCUT2D eigenvalue weighted by Crippen LogP contribution is 2.31. The number of aliphatic hydroxyl groups excluding tert-OH is 3. The van der Waals surface area contributed by atoms with Crippen LogP contribution in [0.4, 0.5) is 5.82 Å². The average molecular weight is 388 g/mol. The zero-order valence-corrected chi connectivity index (χ0v) is 15.2. The number of aliphatic hydroxyl groups is 3. The van der Waals surface area contributed by atoms with Gasteiger partial charge >= 0.3 is 0 Å². The van der Waals surface area contributed by atoms with E-state index < -0.39 is 31.1 Å². The van der Waals surface area contributed by atoms with Crippen LogP contribution in [0.15, 0.2) is 36.9 Å². The van der Waals surface area contributed by atoms with Gasteiger partial charge in [-0.2, -0.15) is 0 Å². The zero-order chi connectivity index (χ0) is 19.8. The SMILES string of the molecule is Cc1ccc(CO[n+]2cnc3c(ncn3[C@@H]3O[C@H](CO)[C@@H](O)[C@H]3O)c2N)cc1. The van der Waals surface area contributed by atoms with E-state index >= 15 is 0 Å². The first-order valence-electron chi connectivity index (χ1n) is 8.83. The molecule has 4 rings (SSSR count). The van der Waals surface area contributed by atoms with Crippen LogP contribution in [-0.2, 0) is 11.3 Å². The van der Waals surface area contributed by atoms with Crippen LogP contribution >= 0.6 is 0 Å². The maximum absolute atomic E-state index is 10.2. The quantitative estimate of drug-likeness (QED) is 0.402. The first-order valence-corrected chi connectivity index (χ1v) is 8.83. The van der Waals surface area contributed by atoms with Crippen molar-refractivity contribution >= 4 is 17.0 Å². The Bertz CT molecular complexity index is 976. The van der Waals surface area contributed by atoms with Crippen LogP contribution in [0.5, 0.6) is 0 Å². The Labute approximate surface area is 160 Å². The third-order valence-electron chi connectivity index (χ3n) is 4.81. The van der Waals surface area contributed by atoms with Crippen LogP contribution in [-0.4, -0.2) is 54.8 Å². The monoisotopic (exact) mass is 388 g/mol. The van der Waals surface area contributed by atoms with Gasteiger partial charge in [-0.3, -0.25) is 4.57 Å². The normalized spacial score (nSPS) is 24.7. The fraction of sp³-hybridized carbons (Fsp3) is 0.389. The highest BCUT2D eigenvalue weighted by Gasteiger charge is 2.44. The van der Waals surface area contributed by atoms with Gasteiger partial charge in [0.25, 0.3) is 12.1 Å². The number of aromatic nitrogens is 4. The van der Waals surface area contributed by atoms with E-state index in [1.54, 1.807) is 0 Å². The summed E-state index contributed by atoms with van der Waals surface area (Å²) in [5, 5.41) is 29.4. The van der Waals surface area contributed by atoms with Gasteiger partial charge in [0.15, 0.2) is 12.8 Å². The molecule has 0 bridgehead atoms. The Balaban J connectivity index is 1.58. The van der Waals surface area contributed by atoms with E-state index in [1.165, 1.54) is 22.0 Å². The minimum absolute atomic E-state index is 0.239. The molecule has 5 N–H and O–H groups in total. The molecule has 1 aliphatic rings. The molecule has 0 unspecified atom stereocenters. The molecule has 4 atom stereocenters. The molecule has 10 heteroatoms. The van der Waals surface area contributed by atoms with E-state index in [9.17, 15) is 15.3 Å². The van der Waals surface area contributed by atoms with Crippen LogP contribution in [0.1, 0.15) is 17.4 Å². The van der Waals surface area contributed by atoms with Crippen molar-refractivity contribution in [2.45, 2.75) is 38.1 Å². The first-order chi connectivity index (χ1) is 13.5. The van der Waals surface area contributed by atoms with Crippen molar-refractivity contribution < 1.29 is 29.6 Å². The second kappa shape index (κ2) is 7.32. The molecule has 1 aliphatic heterocycles. The lowest BCUT2D eigenvalue weighted by atomic mass is 10.1. The van der Waals surface area contributed by atoms with Crippen LogP contribution in [0.25, 0.3) is 11.2 Å². The van der Waals surface area contributed by atoms with Gasteiger partial charge in [-0.1, -0.05) is 39.5 Å². The number of imidazole rings is 1. The maximum Gasteiger partial charge on any atom is 0.289 e. The summed E-state index contributed by atoms with van der Waals surface area (Å²) in [5.41, 5.74) is 9.04. The van der Waals surface area contributed by atoms with E-state index in [1.807, 2.05) is 31.2 Å². The molecule has 148 valence electrons. The number of hydrogen-bond donors (Lipinski definition) is 4. The number of rotatable bonds is 5. The predicted octanol–water partition coefficient (Wildman–Crippen LogP) is -1.15. The van der Waals surface area contributed by atoms with E-state index in [2.05, 4.69) is 9.97 Å². The summed E-state index contributed by atoms with van der Waals surface area (Å²) in [5.74, 6) is 0.239. The van der Waals surface area contributed by atoms with Crippen LogP contribution in [0, 0.1) is 6.92 Å². The molecule has 1 fully saturated rings. The summed E-state index contributed by atoms with van der Waals surface area (Å²) < 4.78 is 8.33. The molecule has 2 aromatic heterocycles. The fourth-order valence-electron chi connectivity index (χ4n) is 3.16. The van der Waals surface area contributed by atoms with Crippen molar-refractivity contribution in [1.82, 2.24) is 14.5 Å². The van der Waals surface area contributed by atoms with Crippen molar-refractivity contribution in [1.29, 1.82) is 0 Å². The smallest absolute Gasteiger partial charge is 0.289 e. The number of nitrogens with two attached hydrogens (primary N) is 1. The number of nitrogens with zero attached hydrogens (tertiary/aromatic N) is 4. The summed E-state index contributed by atoms with van der Waals surface area (Å²) in [6.07, 6.45) is -1.45. The van der Waals surface area contributed by atoms with E-state index in [4.69, 9.17) is 15.3 Å². The molecular formula is C18H22N5O5+. The van der Waals surface area contributed by atoms with Gasteiger partial charge in [0.2, 0.25) is 11.2 Å². The molecule has 0 radical (unpaired) electrons. The minimum atomic E-state index is -1.23. The predicted molar refractivity (Wildman–Crippen MR) is 96.6 cm³/mol. The Morgan fingerprint density at radius 1 is 1.21 bits per heavy atom. The molecule has 3 heterocycles.